The molecule has 0 aliphatic rings. The Labute approximate surface area is 226 Å². The molecule has 2 atom stereocenters. The molecule has 35 heavy (non-hydrogen) atoms. The highest BCUT2D eigenvalue weighted by atomic mass is 35.5. The standard InChI is InChI=1S/C23H27Cl4N3O4S/c1-5-14(2)28-23(32)15(3)29(12-16-6-8-18(25)20(27)10-16)22(31)13-30(35(4,33)34)21-11-17(24)7-9-19(21)26/h6-11,14-15H,5,12-13H2,1-4H3,(H,28,32)/t14-,15+/m0/s1. The topological polar surface area (TPSA) is 86.8 Å². The molecule has 192 valence electrons. The van der Waals surface area contributed by atoms with Crippen LogP contribution < -0.4 is 9.62 Å². The van der Waals surface area contributed by atoms with E-state index in [-0.39, 0.29) is 39.2 Å². The summed E-state index contributed by atoms with van der Waals surface area (Å²) < 4.78 is 26.1. The van der Waals surface area contributed by atoms with Gasteiger partial charge in [0.2, 0.25) is 21.8 Å². The molecule has 0 aliphatic heterocycles. The fourth-order valence-corrected chi connectivity index (χ4v) is 4.76. The van der Waals surface area contributed by atoms with E-state index in [2.05, 4.69) is 5.32 Å². The van der Waals surface area contributed by atoms with Crippen molar-refractivity contribution in [3.63, 3.8) is 0 Å². The monoisotopic (exact) mass is 581 g/mol. The summed E-state index contributed by atoms with van der Waals surface area (Å²) in [7, 11) is -3.94. The zero-order valence-corrected chi connectivity index (χ0v) is 23.5. The van der Waals surface area contributed by atoms with E-state index in [0.29, 0.717) is 17.0 Å². The number of sulfonamides is 1. The molecule has 2 rings (SSSR count). The van der Waals surface area contributed by atoms with Gasteiger partial charge in [-0.1, -0.05) is 59.4 Å². The van der Waals surface area contributed by atoms with E-state index in [1.165, 1.54) is 23.1 Å². The Morgan fingerprint density at radius 3 is 2.17 bits per heavy atom. The van der Waals surface area contributed by atoms with Gasteiger partial charge in [-0.05, 0) is 56.2 Å². The normalized spacial score (nSPS) is 13.1. The van der Waals surface area contributed by atoms with E-state index >= 15 is 0 Å². The lowest BCUT2D eigenvalue weighted by Gasteiger charge is -2.32. The highest BCUT2D eigenvalue weighted by Gasteiger charge is 2.31. The Bertz CT molecular complexity index is 1190. The lowest BCUT2D eigenvalue weighted by Crippen LogP contribution is -2.52. The maximum Gasteiger partial charge on any atom is 0.244 e. The van der Waals surface area contributed by atoms with Crippen molar-refractivity contribution in [1.82, 2.24) is 10.2 Å². The first-order valence-corrected chi connectivity index (χ1v) is 14.1. The minimum absolute atomic E-state index is 0.00824. The Balaban J connectivity index is 2.45. The first-order valence-electron chi connectivity index (χ1n) is 10.7. The summed E-state index contributed by atoms with van der Waals surface area (Å²) in [5.41, 5.74) is 0.670. The highest BCUT2D eigenvalue weighted by molar-refractivity contribution is 7.92. The number of amides is 2. The van der Waals surface area contributed by atoms with Crippen LogP contribution in [0.3, 0.4) is 0 Å². The van der Waals surface area contributed by atoms with Crippen LogP contribution >= 0.6 is 46.4 Å². The summed E-state index contributed by atoms with van der Waals surface area (Å²) in [6.07, 6.45) is 1.66. The zero-order valence-electron chi connectivity index (χ0n) is 19.7. The number of hydrogen-bond acceptors (Lipinski definition) is 4. The fraction of sp³-hybridized carbons (Fsp3) is 0.391. The molecule has 0 unspecified atom stereocenters. The van der Waals surface area contributed by atoms with Crippen LogP contribution in [0.4, 0.5) is 5.69 Å². The van der Waals surface area contributed by atoms with Crippen molar-refractivity contribution in [2.75, 3.05) is 17.1 Å². The molecule has 0 spiro atoms. The second-order valence-electron chi connectivity index (χ2n) is 8.13. The summed E-state index contributed by atoms with van der Waals surface area (Å²) in [6.45, 7) is 4.74. The Hall–Kier alpha value is -1.71. The minimum atomic E-state index is -3.94. The van der Waals surface area contributed by atoms with E-state index in [0.717, 1.165) is 10.6 Å². The number of anilines is 1. The molecule has 2 amide bonds. The molecule has 0 bridgehead atoms. The quantitative estimate of drug-likeness (QED) is 0.406. The van der Waals surface area contributed by atoms with E-state index in [9.17, 15) is 18.0 Å². The highest BCUT2D eigenvalue weighted by Crippen LogP contribution is 2.31. The first kappa shape index (κ1) is 29.5. The molecule has 2 aromatic rings. The van der Waals surface area contributed by atoms with Crippen LogP contribution in [-0.4, -0.2) is 50.0 Å². The van der Waals surface area contributed by atoms with Gasteiger partial charge < -0.3 is 10.2 Å². The average Bonchev–Trinajstić information content (AvgIpc) is 2.78. The molecule has 0 saturated heterocycles. The SMILES string of the molecule is CC[C@H](C)NC(=O)[C@@H](C)N(Cc1ccc(Cl)c(Cl)c1)C(=O)CN(c1cc(Cl)ccc1Cl)S(C)(=O)=O. The predicted molar refractivity (Wildman–Crippen MR) is 143 cm³/mol. The van der Waals surface area contributed by atoms with Crippen LogP contribution in [0.15, 0.2) is 36.4 Å². The second-order valence-corrected chi connectivity index (χ2v) is 11.7. The third-order valence-corrected chi connectivity index (χ3v) is 7.78. The van der Waals surface area contributed by atoms with Gasteiger partial charge in [-0.15, -0.1) is 0 Å². The van der Waals surface area contributed by atoms with Gasteiger partial charge in [0, 0.05) is 17.6 Å². The molecule has 0 aromatic heterocycles. The van der Waals surface area contributed by atoms with Gasteiger partial charge in [-0.3, -0.25) is 13.9 Å². The molecule has 0 fully saturated rings. The largest absolute Gasteiger partial charge is 0.352 e. The summed E-state index contributed by atoms with van der Waals surface area (Å²) in [4.78, 5) is 27.7. The molecule has 12 heteroatoms. The molecule has 0 radical (unpaired) electrons. The number of nitrogens with one attached hydrogen (secondary N) is 1. The summed E-state index contributed by atoms with van der Waals surface area (Å²) >= 11 is 24.4. The lowest BCUT2D eigenvalue weighted by atomic mass is 10.1. The minimum Gasteiger partial charge on any atom is -0.352 e. The van der Waals surface area contributed by atoms with E-state index in [1.807, 2.05) is 13.8 Å². The number of benzene rings is 2. The number of nitrogens with zero attached hydrogens (tertiary/aromatic N) is 2. The van der Waals surface area contributed by atoms with Crippen LogP contribution in [-0.2, 0) is 26.2 Å². The molecule has 1 N–H and O–H groups in total. The van der Waals surface area contributed by atoms with E-state index in [1.54, 1.807) is 25.1 Å². The molecule has 0 aliphatic carbocycles. The summed E-state index contributed by atoms with van der Waals surface area (Å²) in [6, 6.07) is 8.14. The van der Waals surface area contributed by atoms with Crippen molar-refractivity contribution < 1.29 is 18.0 Å². The van der Waals surface area contributed by atoms with Gasteiger partial charge in [-0.2, -0.15) is 0 Å². The van der Waals surface area contributed by atoms with Crippen LogP contribution in [0.2, 0.25) is 20.1 Å². The second kappa shape index (κ2) is 12.5. The van der Waals surface area contributed by atoms with Crippen LogP contribution in [0.1, 0.15) is 32.8 Å². The lowest BCUT2D eigenvalue weighted by molar-refractivity contribution is -0.139. The summed E-state index contributed by atoms with van der Waals surface area (Å²) in [5, 5.41) is 3.84. The molecular formula is C23H27Cl4N3O4S. The van der Waals surface area contributed by atoms with Gasteiger partial charge in [-0.25, -0.2) is 8.42 Å². The number of rotatable bonds is 10. The average molecular weight is 583 g/mol. The van der Waals surface area contributed by atoms with E-state index < -0.39 is 28.5 Å². The number of carbonyl (C=O) groups excluding carboxylic acids is 2. The molecular weight excluding hydrogens is 556 g/mol. The Morgan fingerprint density at radius 2 is 1.60 bits per heavy atom. The van der Waals surface area contributed by atoms with Crippen molar-refractivity contribution in [3.8, 4) is 0 Å². The smallest absolute Gasteiger partial charge is 0.244 e. The fourth-order valence-electron chi connectivity index (χ4n) is 3.15. The molecule has 2 aromatic carbocycles. The van der Waals surface area contributed by atoms with Gasteiger partial charge in [0.15, 0.2) is 0 Å². The van der Waals surface area contributed by atoms with E-state index in [4.69, 9.17) is 46.4 Å². The maximum atomic E-state index is 13.5. The first-order chi connectivity index (χ1) is 16.2. The van der Waals surface area contributed by atoms with Gasteiger partial charge in [0.25, 0.3) is 0 Å². The number of hydrogen-bond donors (Lipinski definition) is 1. The van der Waals surface area contributed by atoms with Crippen LogP contribution in [0.5, 0.6) is 0 Å². The van der Waals surface area contributed by atoms with Gasteiger partial charge >= 0.3 is 0 Å². The molecule has 7 nitrogen and oxygen atoms in total. The van der Waals surface area contributed by atoms with Gasteiger partial charge in [0.05, 0.1) is 27.0 Å². The third-order valence-electron chi connectivity index (χ3n) is 5.36. The number of carbonyl (C=O) groups is 2. The van der Waals surface area contributed by atoms with Crippen LogP contribution in [0, 0.1) is 0 Å². The Morgan fingerprint density at radius 1 is 0.971 bits per heavy atom. The Kier molecular flexibility index (Phi) is 10.5. The predicted octanol–water partition coefficient (Wildman–Crippen LogP) is 5.40. The summed E-state index contributed by atoms with van der Waals surface area (Å²) in [5.74, 6) is -0.996. The molecule has 0 saturated carbocycles. The number of halogens is 4. The molecule has 0 heterocycles. The van der Waals surface area contributed by atoms with Crippen molar-refractivity contribution in [1.29, 1.82) is 0 Å². The maximum absolute atomic E-state index is 13.5. The van der Waals surface area contributed by atoms with Crippen molar-refractivity contribution in [3.05, 3.63) is 62.1 Å². The van der Waals surface area contributed by atoms with Crippen molar-refractivity contribution in [2.24, 2.45) is 0 Å². The van der Waals surface area contributed by atoms with Crippen molar-refractivity contribution in [2.45, 2.75) is 45.8 Å². The zero-order chi connectivity index (χ0) is 26.5. The van der Waals surface area contributed by atoms with Crippen molar-refractivity contribution >= 4 is 73.9 Å². The van der Waals surface area contributed by atoms with Gasteiger partial charge in [0.1, 0.15) is 12.6 Å². The third kappa shape index (κ3) is 8.15. The van der Waals surface area contributed by atoms with Crippen LogP contribution in [0.25, 0.3) is 0 Å².